The molecule has 8 heteroatoms. The molecule has 0 bridgehead atoms. The average molecular weight is 483 g/mol. The summed E-state index contributed by atoms with van der Waals surface area (Å²) in [6.07, 6.45) is 4.68. The van der Waals surface area contributed by atoms with Crippen molar-refractivity contribution in [3.05, 3.63) is 36.1 Å². The van der Waals surface area contributed by atoms with E-state index in [1.165, 1.54) is 0 Å². The first kappa shape index (κ1) is 26.5. The Hall–Kier alpha value is 0.511. The third kappa shape index (κ3) is 5.81. The first-order valence-electron chi connectivity index (χ1n) is 9.49. The van der Waals surface area contributed by atoms with Gasteiger partial charge in [-0.15, -0.1) is 5.54 Å². The van der Waals surface area contributed by atoms with Crippen molar-refractivity contribution in [2.75, 3.05) is 20.9 Å². The quantitative estimate of drug-likeness (QED) is 0.357. The molecule has 0 N–H and O–H groups in total. The Morgan fingerprint density at radius 1 is 1.11 bits per heavy atom. The van der Waals surface area contributed by atoms with Gasteiger partial charge in [0, 0.05) is 12.0 Å². The van der Waals surface area contributed by atoms with E-state index in [1.54, 1.807) is 0 Å². The Bertz CT molecular complexity index is 593. The SMILES string of the molecule is CC1C(N(C)C)C2C=C3OCOC3=CC2C1[Si](C)(C)[N-]C(C)(C)C.[CH3-].[Cl][Ti][Cl]. The molecule has 5 atom stereocenters. The van der Waals surface area contributed by atoms with Crippen LogP contribution in [0.4, 0.5) is 0 Å². The Morgan fingerprint density at radius 3 is 2.00 bits per heavy atom. The van der Waals surface area contributed by atoms with Crippen LogP contribution in [0.2, 0.25) is 18.6 Å². The van der Waals surface area contributed by atoms with Gasteiger partial charge >= 0.3 is 35.6 Å². The fraction of sp³-hybridized carbons (Fsp3) is 0.750. The molecule has 162 valence electrons. The summed E-state index contributed by atoms with van der Waals surface area (Å²) in [4.78, 5) is 7.74. The number of hydrogen-bond donors (Lipinski definition) is 0. The topological polar surface area (TPSA) is 35.8 Å². The third-order valence-electron chi connectivity index (χ3n) is 5.75. The molecule has 0 amide bonds. The normalized spacial score (nSPS) is 31.2. The maximum absolute atomic E-state index is 5.70. The molecule has 2 fully saturated rings. The van der Waals surface area contributed by atoms with Gasteiger partial charge in [-0.1, -0.05) is 54.6 Å². The van der Waals surface area contributed by atoms with E-state index in [1.807, 2.05) is 0 Å². The molecule has 3 rings (SSSR count). The Morgan fingerprint density at radius 2 is 1.57 bits per heavy atom. The van der Waals surface area contributed by atoms with Crippen LogP contribution in [0.25, 0.3) is 4.98 Å². The van der Waals surface area contributed by atoms with Gasteiger partial charge in [-0.25, -0.2) is 0 Å². The summed E-state index contributed by atoms with van der Waals surface area (Å²) in [5, 5.41) is 0. The number of ether oxygens (including phenoxy) is 2. The van der Waals surface area contributed by atoms with Gasteiger partial charge in [0.05, 0.1) is 0 Å². The number of nitrogens with zero attached hydrogens (tertiary/aromatic N) is 2. The van der Waals surface area contributed by atoms with Crippen molar-refractivity contribution in [2.24, 2.45) is 17.8 Å². The van der Waals surface area contributed by atoms with Crippen molar-refractivity contribution >= 4 is 26.8 Å². The van der Waals surface area contributed by atoms with Crippen molar-refractivity contribution in [2.45, 2.75) is 57.9 Å². The van der Waals surface area contributed by atoms with E-state index >= 15 is 0 Å². The van der Waals surface area contributed by atoms with E-state index in [-0.39, 0.29) is 13.0 Å². The molecule has 0 aromatic heterocycles. The van der Waals surface area contributed by atoms with E-state index in [4.69, 9.17) is 33.1 Å². The van der Waals surface area contributed by atoms with Crippen molar-refractivity contribution < 1.29 is 26.5 Å². The van der Waals surface area contributed by atoms with Gasteiger partial charge < -0.3 is 26.8 Å². The molecule has 0 radical (unpaired) electrons. The number of rotatable bonds is 3. The van der Waals surface area contributed by atoms with E-state index in [0.29, 0.717) is 36.1 Å². The van der Waals surface area contributed by atoms with E-state index in [9.17, 15) is 0 Å². The number of fused-ring (bicyclic) bond motifs is 2. The van der Waals surface area contributed by atoms with Gasteiger partial charge in [0.15, 0.2) is 11.5 Å². The van der Waals surface area contributed by atoms with E-state index in [0.717, 1.165) is 11.5 Å². The summed E-state index contributed by atoms with van der Waals surface area (Å²) in [6, 6.07) is 0.524. The summed E-state index contributed by atoms with van der Waals surface area (Å²) in [6.45, 7) is 14.4. The fourth-order valence-corrected chi connectivity index (χ4v) is 10.2. The second-order valence-corrected chi connectivity index (χ2v) is 16.2. The third-order valence-corrected chi connectivity index (χ3v) is 9.54. The van der Waals surface area contributed by atoms with Crippen LogP contribution >= 0.6 is 18.6 Å². The molecule has 1 heterocycles. The molecule has 1 saturated heterocycles. The zero-order valence-corrected chi connectivity index (χ0v) is 22.8. The van der Waals surface area contributed by atoms with Crippen molar-refractivity contribution in [1.82, 2.24) is 4.90 Å². The van der Waals surface area contributed by atoms with Crippen LogP contribution in [0.1, 0.15) is 27.7 Å². The summed E-state index contributed by atoms with van der Waals surface area (Å²) in [5.74, 6) is 3.50. The zero-order chi connectivity index (χ0) is 20.6. The summed E-state index contributed by atoms with van der Waals surface area (Å²) in [7, 11) is 12.4. The van der Waals surface area contributed by atoms with Crippen LogP contribution < -0.4 is 0 Å². The van der Waals surface area contributed by atoms with Crippen LogP contribution in [-0.2, 0) is 26.5 Å². The van der Waals surface area contributed by atoms with Gasteiger partial charge in [-0.05, 0) is 38.1 Å². The molecule has 3 aliphatic rings. The zero-order valence-electron chi connectivity index (χ0n) is 18.7. The Labute approximate surface area is 190 Å². The molecule has 2 aliphatic carbocycles. The van der Waals surface area contributed by atoms with Gasteiger partial charge in [0.2, 0.25) is 6.79 Å². The first-order valence-corrected chi connectivity index (χ1v) is 16.8. The molecule has 4 nitrogen and oxygen atoms in total. The van der Waals surface area contributed by atoms with E-state index in [2.05, 4.69) is 71.9 Å². The average Bonchev–Trinajstić information content (AvgIpc) is 3.03. The predicted molar refractivity (Wildman–Crippen MR) is 119 cm³/mol. The summed E-state index contributed by atoms with van der Waals surface area (Å²) < 4.78 is 11.4. The van der Waals surface area contributed by atoms with Crippen molar-refractivity contribution in [1.29, 1.82) is 0 Å². The summed E-state index contributed by atoms with van der Waals surface area (Å²) in [5.41, 5.74) is 0.639. The molecule has 1 saturated carbocycles. The molecule has 28 heavy (non-hydrogen) atoms. The molecule has 0 aromatic carbocycles. The first-order chi connectivity index (χ1) is 12.4. The second-order valence-electron chi connectivity index (χ2n) is 9.47. The molecule has 5 unspecified atom stereocenters. The number of halogens is 2. The van der Waals surface area contributed by atoms with Gasteiger partial charge in [0.1, 0.15) is 0 Å². The van der Waals surface area contributed by atoms with Crippen LogP contribution in [0, 0.1) is 25.2 Å². The predicted octanol–water partition coefficient (Wildman–Crippen LogP) is 6.16. The molecule has 1 aliphatic heterocycles. The maximum atomic E-state index is 5.70. The number of hydrogen-bond acceptors (Lipinski definition) is 3. The van der Waals surface area contributed by atoms with Crippen LogP contribution in [-0.4, -0.2) is 45.6 Å². The van der Waals surface area contributed by atoms with E-state index < -0.39 is 25.3 Å². The van der Waals surface area contributed by atoms with Crippen LogP contribution in [0.15, 0.2) is 23.7 Å². The van der Waals surface area contributed by atoms with Crippen LogP contribution in [0.5, 0.6) is 0 Å². The van der Waals surface area contributed by atoms with Gasteiger partial charge in [0.25, 0.3) is 0 Å². The minimum absolute atomic E-state index is 0. The number of allylic oxidation sites excluding steroid dienone is 1. The minimum atomic E-state index is -1.78. The van der Waals surface area contributed by atoms with Gasteiger partial charge in [-0.2, -0.15) is 0 Å². The molecule has 0 aromatic rings. The molecule has 0 spiro atoms. The fourth-order valence-electron chi connectivity index (χ4n) is 5.58. The molecular formula is C20H36Cl2N2O2SiTi-2. The van der Waals surface area contributed by atoms with Gasteiger partial charge in [-0.3, -0.25) is 0 Å². The van der Waals surface area contributed by atoms with Crippen LogP contribution in [0.3, 0.4) is 0 Å². The Balaban J connectivity index is 0.000000921. The Kier molecular flexibility index (Phi) is 9.68. The summed E-state index contributed by atoms with van der Waals surface area (Å²) >= 11 is -0.556. The monoisotopic (exact) mass is 482 g/mol. The second kappa shape index (κ2) is 10.2. The standard InChI is InChI=1S/C19H33N2O2Si.CH3.2ClH.Ti/c1-12-17(21(5)6)13-9-15-16(23-11-22-15)10-14(13)18(12)24(7,8)20-19(2,3)4;;;;/h9-10,12-14,17-18H,11H2,1-8H3;1H3;2*1H;/q2*-1;;;+2/p-2. The van der Waals surface area contributed by atoms with Crippen molar-refractivity contribution in [3.63, 3.8) is 0 Å². The molecular weight excluding hydrogens is 447 g/mol. The van der Waals surface area contributed by atoms with Crippen molar-refractivity contribution in [3.8, 4) is 0 Å².